The Labute approximate surface area is 117 Å². The van der Waals surface area contributed by atoms with Crippen LogP contribution in [0.25, 0.3) is 0 Å². The number of carbonyl (C=O) groups excluding carboxylic acids is 1. The molecular formula is C16H14ClNO. The van der Waals surface area contributed by atoms with Gasteiger partial charge in [-0.2, -0.15) is 0 Å². The van der Waals surface area contributed by atoms with Gasteiger partial charge in [-0.1, -0.05) is 23.7 Å². The fourth-order valence-electron chi connectivity index (χ4n) is 1.96. The van der Waals surface area contributed by atoms with Gasteiger partial charge in [-0.05, 0) is 42.3 Å². The van der Waals surface area contributed by atoms with Crippen LogP contribution in [0.15, 0.2) is 61.4 Å². The molecule has 2 aromatic rings. The number of ketones is 1. The predicted octanol–water partition coefficient (Wildman–Crippen LogP) is 4.28. The molecule has 2 nitrogen and oxygen atoms in total. The summed E-state index contributed by atoms with van der Waals surface area (Å²) in [6.07, 6.45) is 5.77. The van der Waals surface area contributed by atoms with E-state index >= 15 is 0 Å². The molecular weight excluding hydrogens is 258 g/mol. The zero-order valence-corrected chi connectivity index (χ0v) is 11.2. The van der Waals surface area contributed by atoms with Crippen LogP contribution in [0.5, 0.6) is 0 Å². The molecule has 1 aromatic heterocycles. The third-order valence-corrected chi connectivity index (χ3v) is 3.19. The summed E-state index contributed by atoms with van der Waals surface area (Å²) in [7, 11) is 0. The second kappa shape index (κ2) is 6.30. The van der Waals surface area contributed by atoms with Gasteiger partial charge in [0.05, 0.1) is 5.92 Å². The van der Waals surface area contributed by atoms with E-state index < -0.39 is 0 Å². The fourth-order valence-corrected chi connectivity index (χ4v) is 2.08. The number of Topliss-reactive ketones (excluding diaryl/α,β-unsaturated/α-hetero) is 1. The van der Waals surface area contributed by atoms with Crippen LogP contribution in [-0.4, -0.2) is 10.8 Å². The quantitative estimate of drug-likeness (QED) is 0.600. The minimum atomic E-state index is -0.243. The molecule has 0 aliphatic carbocycles. The Morgan fingerprint density at radius 1 is 1.32 bits per heavy atom. The van der Waals surface area contributed by atoms with Crippen molar-refractivity contribution in [3.8, 4) is 0 Å². The lowest BCUT2D eigenvalue weighted by atomic mass is 9.89. The minimum Gasteiger partial charge on any atom is -0.293 e. The van der Waals surface area contributed by atoms with E-state index in [9.17, 15) is 4.79 Å². The molecule has 0 saturated carbocycles. The highest BCUT2D eigenvalue weighted by atomic mass is 35.5. The third kappa shape index (κ3) is 3.30. The van der Waals surface area contributed by atoms with Crippen molar-refractivity contribution < 1.29 is 4.79 Å². The first-order valence-corrected chi connectivity index (χ1v) is 6.40. The predicted molar refractivity (Wildman–Crippen MR) is 77.6 cm³/mol. The molecule has 3 heteroatoms. The van der Waals surface area contributed by atoms with Crippen LogP contribution < -0.4 is 0 Å². The standard InChI is InChI=1S/C16H14ClNO/c1-2-4-15(13-5-3-10-18-11-13)16(19)12-6-8-14(17)9-7-12/h2-3,5-11,15H,1,4H2. The van der Waals surface area contributed by atoms with Gasteiger partial charge in [0.15, 0.2) is 5.78 Å². The lowest BCUT2D eigenvalue weighted by Crippen LogP contribution is -2.12. The van der Waals surface area contributed by atoms with E-state index in [0.717, 1.165) is 5.56 Å². The van der Waals surface area contributed by atoms with Crippen LogP contribution in [0, 0.1) is 0 Å². The number of pyridine rings is 1. The Kier molecular flexibility index (Phi) is 4.48. The first-order chi connectivity index (χ1) is 9.22. The number of nitrogens with zero attached hydrogens (tertiary/aromatic N) is 1. The SMILES string of the molecule is C=CCC(C(=O)c1ccc(Cl)cc1)c1cccnc1. The number of carbonyl (C=O) groups is 1. The molecule has 1 aromatic carbocycles. The molecule has 0 bridgehead atoms. The molecule has 0 aliphatic rings. The number of hydrogen-bond donors (Lipinski definition) is 0. The first-order valence-electron chi connectivity index (χ1n) is 6.03. The number of rotatable bonds is 5. The van der Waals surface area contributed by atoms with Crippen molar-refractivity contribution in [2.24, 2.45) is 0 Å². The van der Waals surface area contributed by atoms with Crippen LogP contribution in [-0.2, 0) is 0 Å². The lowest BCUT2D eigenvalue weighted by Gasteiger charge is -2.14. The van der Waals surface area contributed by atoms with Crippen LogP contribution in [0.2, 0.25) is 5.02 Å². The van der Waals surface area contributed by atoms with Gasteiger partial charge >= 0.3 is 0 Å². The summed E-state index contributed by atoms with van der Waals surface area (Å²) in [4.78, 5) is 16.6. The largest absolute Gasteiger partial charge is 0.293 e. The second-order valence-electron chi connectivity index (χ2n) is 4.23. The van der Waals surface area contributed by atoms with Crippen LogP contribution in [0.4, 0.5) is 0 Å². The molecule has 96 valence electrons. The fraction of sp³-hybridized carbons (Fsp3) is 0.125. The maximum atomic E-state index is 12.5. The molecule has 0 saturated heterocycles. The highest BCUT2D eigenvalue weighted by molar-refractivity contribution is 6.30. The zero-order valence-electron chi connectivity index (χ0n) is 10.4. The normalized spacial score (nSPS) is 11.8. The van der Waals surface area contributed by atoms with Gasteiger partial charge in [-0.15, -0.1) is 6.58 Å². The minimum absolute atomic E-state index is 0.0598. The summed E-state index contributed by atoms with van der Waals surface area (Å²) in [5.74, 6) is -0.183. The lowest BCUT2D eigenvalue weighted by molar-refractivity contribution is 0.0960. The molecule has 0 fully saturated rings. The van der Waals surface area contributed by atoms with Gasteiger partial charge in [0.25, 0.3) is 0 Å². The summed E-state index contributed by atoms with van der Waals surface area (Å²) in [6.45, 7) is 3.72. The van der Waals surface area contributed by atoms with Crippen molar-refractivity contribution in [2.75, 3.05) is 0 Å². The van der Waals surface area contributed by atoms with E-state index in [1.54, 1.807) is 42.7 Å². The van der Waals surface area contributed by atoms with Crippen molar-refractivity contribution in [1.82, 2.24) is 4.98 Å². The van der Waals surface area contributed by atoms with Gasteiger partial charge in [-0.25, -0.2) is 0 Å². The number of benzene rings is 1. The third-order valence-electron chi connectivity index (χ3n) is 2.93. The van der Waals surface area contributed by atoms with Gasteiger partial charge in [0.1, 0.15) is 0 Å². The van der Waals surface area contributed by atoms with E-state index in [2.05, 4.69) is 11.6 Å². The molecule has 0 radical (unpaired) electrons. The van der Waals surface area contributed by atoms with Gasteiger partial charge in [-0.3, -0.25) is 9.78 Å². The summed E-state index contributed by atoms with van der Waals surface area (Å²) in [5.41, 5.74) is 1.56. The molecule has 0 aliphatic heterocycles. The molecule has 1 unspecified atom stereocenters. The maximum absolute atomic E-state index is 12.5. The Morgan fingerprint density at radius 2 is 2.05 bits per heavy atom. The van der Waals surface area contributed by atoms with E-state index in [1.807, 2.05) is 12.1 Å². The summed E-state index contributed by atoms with van der Waals surface area (Å²) in [6, 6.07) is 10.7. The van der Waals surface area contributed by atoms with Crippen LogP contribution in [0.3, 0.4) is 0 Å². The maximum Gasteiger partial charge on any atom is 0.170 e. The van der Waals surface area contributed by atoms with Crippen molar-refractivity contribution in [3.63, 3.8) is 0 Å². The summed E-state index contributed by atoms with van der Waals surface area (Å²) in [5, 5.41) is 0.623. The Morgan fingerprint density at radius 3 is 2.63 bits per heavy atom. The van der Waals surface area contributed by atoms with E-state index in [4.69, 9.17) is 11.6 Å². The van der Waals surface area contributed by atoms with E-state index in [0.29, 0.717) is 17.0 Å². The first kappa shape index (κ1) is 13.5. The van der Waals surface area contributed by atoms with Crippen molar-refractivity contribution in [1.29, 1.82) is 0 Å². The van der Waals surface area contributed by atoms with Gasteiger partial charge < -0.3 is 0 Å². The summed E-state index contributed by atoms with van der Waals surface area (Å²) < 4.78 is 0. The Balaban J connectivity index is 2.31. The molecule has 1 atom stereocenters. The van der Waals surface area contributed by atoms with Crippen molar-refractivity contribution in [2.45, 2.75) is 12.3 Å². The number of hydrogen-bond acceptors (Lipinski definition) is 2. The number of halogens is 1. The van der Waals surface area contributed by atoms with Gasteiger partial charge in [0, 0.05) is 23.0 Å². The van der Waals surface area contributed by atoms with Crippen molar-refractivity contribution in [3.05, 3.63) is 77.6 Å². The number of allylic oxidation sites excluding steroid dienone is 1. The average Bonchev–Trinajstić information content (AvgIpc) is 2.46. The summed E-state index contributed by atoms with van der Waals surface area (Å²) >= 11 is 5.84. The van der Waals surface area contributed by atoms with Crippen molar-refractivity contribution >= 4 is 17.4 Å². The molecule has 0 spiro atoms. The highest BCUT2D eigenvalue weighted by Gasteiger charge is 2.20. The zero-order chi connectivity index (χ0) is 13.7. The smallest absolute Gasteiger partial charge is 0.170 e. The molecule has 2 rings (SSSR count). The van der Waals surface area contributed by atoms with Crippen LogP contribution >= 0.6 is 11.6 Å². The van der Waals surface area contributed by atoms with Crippen LogP contribution in [0.1, 0.15) is 28.3 Å². The molecule has 1 heterocycles. The Hall–Kier alpha value is -1.93. The second-order valence-corrected chi connectivity index (χ2v) is 4.67. The highest BCUT2D eigenvalue weighted by Crippen LogP contribution is 2.24. The van der Waals surface area contributed by atoms with E-state index in [-0.39, 0.29) is 11.7 Å². The molecule has 19 heavy (non-hydrogen) atoms. The topological polar surface area (TPSA) is 30.0 Å². The molecule has 0 amide bonds. The number of aromatic nitrogens is 1. The van der Waals surface area contributed by atoms with E-state index in [1.165, 1.54) is 0 Å². The van der Waals surface area contributed by atoms with Gasteiger partial charge in [0.2, 0.25) is 0 Å². The molecule has 0 N–H and O–H groups in total. The average molecular weight is 272 g/mol. The Bertz CT molecular complexity index is 563. The monoisotopic (exact) mass is 271 g/mol.